The van der Waals surface area contributed by atoms with Gasteiger partial charge in [-0.15, -0.1) is 0 Å². The Morgan fingerprint density at radius 3 is 2.50 bits per heavy atom. The molecule has 2 heterocycles. The van der Waals surface area contributed by atoms with Crippen molar-refractivity contribution in [2.75, 3.05) is 6.61 Å². The maximum atomic E-state index is 13.2. The fourth-order valence-electron chi connectivity index (χ4n) is 4.05. The number of Topliss-reactive ketones (excluding diaryl/α,β-unsaturated/α-hetero) is 1. The highest BCUT2D eigenvalue weighted by Gasteiger charge is 2.46. The van der Waals surface area contributed by atoms with Crippen molar-refractivity contribution >= 4 is 17.4 Å². The summed E-state index contributed by atoms with van der Waals surface area (Å²) in [6.07, 6.45) is 5.23. The van der Waals surface area contributed by atoms with E-state index in [1.807, 2.05) is 49.4 Å². The largest absolute Gasteiger partial charge is 0.507 e. The molecule has 1 aliphatic rings. The molecule has 4 rings (SSSR count). The van der Waals surface area contributed by atoms with Crippen LogP contribution in [0.15, 0.2) is 78.6 Å². The van der Waals surface area contributed by atoms with Gasteiger partial charge in [0, 0.05) is 24.5 Å². The zero-order valence-electron chi connectivity index (χ0n) is 19.4. The van der Waals surface area contributed by atoms with Crippen molar-refractivity contribution in [1.82, 2.24) is 9.88 Å². The third kappa shape index (κ3) is 4.86. The van der Waals surface area contributed by atoms with E-state index in [0.29, 0.717) is 17.9 Å². The molecule has 2 aromatic carbocycles. The summed E-state index contributed by atoms with van der Waals surface area (Å²) >= 11 is 0. The Bertz CT molecular complexity index is 1200. The number of likely N-dealkylation sites (tertiary alicyclic amines) is 1. The molecule has 174 valence electrons. The molecular weight excluding hydrogens is 428 g/mol. The second kappa shape index (κ2) is 10.3. The van der Waals surface area contributed by atoms with Gasteiger partial charge in [0.05, 0.1) is 18.2 Å². The lowest BCUT2D eigenvalue weighted by atomic mass is 9.94. The molecule has 6 heteroatoms. The molecule has 1 fully saturated rings. The van der Waals surface area contributed by atoms with E-state index in [4.69, 9.17) is 4.74 Å². The zero-order chi connectivity index (χ0) is 24.1. The Morgan fingerprint density at radius 2 is 1.79 bits per heavy atom. The molecule has 0 spiro atoms. The molecule has 1 atom stereocenters. The zero-order valence-corrected chi connectivity index (χ0v) is 19.4. The van der Waals surface area contributed by atoms with Gasteiger partial charge in [-0.05, 0) is 48.7 Å². The van der Waals surface area contributed by atoms with Crippen molar-refractivity contribution in [3.8, 4) is 5.75 Å². The van der Waals surface area contributed by atoms with Crippen molar-refractivity contribution in [3.63, 3.8) is 0 Å². The number of aliphatic hydroxyl groups is 1. The Labute approximate surface area is 199 Å². The number of hydrogen-bond donors (Lipinski definition) is 1. The van der Waals surface area contributed by atoms with E-state index in [2.05, 4.69) is 11.9 Å². The second-order valence-electron chi connectivity index (χ2n) is 8.42. The summed E-state index contributed by atoms with van der Waals surface area (Å²) in [5, 5.41) is 11.3. The number of pyridine rings is 1. The quantitative estimate of drug-likeness (QED) is 0.218. The lowest BCUT2D eigenvalue weighted by Crippen LogP contribution is -2.29. The molecule has 1 aliphatic heterocycles. The van der Waals surface area contributed by atoms with E-state index in [-0.39, 0.29) is 17.9 Å². The van der Waals surface area contributed by atoms with Crippen LogP contribution in [0.5, 0.6) is 5.75 Å². The van der Waals surface area contributed by atoms with Crippen LogP contribution in [0, 0.1) is 6.92 Å². The number of aryl methyl sites for hydroxylation is 1. The number of benzene rings is 2. The van der Waals surface area contributed by atoms with Crippen LogP contribution in [-0.4, -0.2) is 33.3 Å². The van der Waals surface area contributed by atoms with Gasteiger partial charge in [-0.2, -0.15) is 0 Å². The first-order chi connectivity index (χ1) is 16.5. The Balaban J connectivity index is 1.78. The predicted octanol–water partition coefficient (Wildman–Crippen LogP) is 5.19. The van der Waals surface area contributed by atoms with Gasteiger partial charge in [0.2, 0.25) is 0 Å². The van der Waals surface area contributed by atoms with E-state index >= 15 is 0 Å². The van der Waals surface area contributed by atoms with Gasteiger partial charge < -0.3 is 14.7 Å². The highest BCUT2D eigenvalue weighted by Crippen LogP contribution is 2.40. The number of rotatable bonds is 8. The molecule has 1 unspecified atom stereocenters. The number of ketones is 1. The number of hydrogen-bond acceptors (Lipinski definition) is 5. The van der Waals surface area contributed by atoms with Crippen LogP contribution in [0.4, 0.5) is 0 Å². The molecule has 1 aromatic heterocycles. The van der Waals surface area contributed by atoms with Crippen LogP contribution < -0.4 is 4.74 Å². The van der Waals surface area contributed by atoms with Crippen LogP contribution in [0.3, 0.4) is 0 Å². The van der Waals surface area contributed by atoms with Gasteiger partial charge in [-0.25, -0.2) is 0 Å². The highest BCUT2D eigenvalue weighted by molar-refractivity contribution is 6.46. The molecule has 6 nitrogen and oxygen atoms in total. The first kappa shape index (κ1) is 23.2. The van der Waals surface area contributed by atoms with E-state index < -0.39 is 17.7 Å². The standard InChI is InChI=1S/C28H28N2O4/c1-3-4-16-34-23-7-5-6-22(17-23)26(31)24-25(21-10-8-19(2)9-11-21)30(28(33)27(24)32)18-20-12-14-29-15-13-20/h5-15,17,25,31H,3-4,16,18H2,1-2H3. The number of nitrogens with zero attached hydrogens (tertiary/aromatic N) is 2. The Morgan fingerprint density at radius 1 is 1.06 bits per heavy atom. The van der Waals surface area contributed by atoms with Gasteiger partial charge in [0.1, 0.15) is 11.5 Å². The molecule has 0 saturated carbocycles. The topological polar surface area (TPSA) is 79.7 Å². The van der Waals surface area contributed by atoms with Crippen LogP contribution in [0.1, 0.15) is 48.1 Å². The summed E-state index contributed by atoms with van der Waals surface area (Å²) in [7, 11) is 0. The molecule has 1 amide bonds. The molecular formula is C28H28N2O4. The fourth-order valence-corrected chi connectivity index (χ4v) is 4.05. The summed E-state index contributed by atoms with van der Waals surface area (Å²) in [6, 6.07) is 17.6. The number of aromatic nitrogens is 1. The predicted molar refractivity (Wildman–Crippen MR) is 130 cm³/mol. The minimum absolute atomic E-state index is 0.0774. The molecule has 0 radical (unpaired) electrons. The maximum Gasteiger partial charge on any atom is 0.295 e. The number of aliphatic hydroxyl groups excluding tert-OH is 1. The monoisotopic (exact) mass is 456 g/mol. The van der Waals surface area contributed by atoms with Gasteiger partial charge in [0.25, 0.3) is 11.7 Å². The average Bonchev–Trinajstić information content (AvgIpc) is 3.10. The lowest BCUT2D eigenvalue weighted by molar-refractivity contribution is -0.140. The van der Waals surface area contributed by atoms with E-state index in [9.17, 15) is 14.7 Å². The van der Waals surface area contributed by atoms with E-state index in [0.717, 1.165) is 29.5 Å². The first-order valence-electron chi connectivity index (χ1n) is 11.5. The van der Waals surface area contributed by atoms with Crippen molar-refractivity contribution in [2.45, 2.75) is 39.3 Å². The fraction of sp³-hybridized carbons (Fsp3) is 0.250. The Hall–Kier alpha value is -3.93. The second-order valence-corrected chi connectivity index (χ2v) is 8.42. The van der Waals surface area contributed by atoms with Crippen molar-refractivity contribution < 1.29 is 19.4 Å². The minimum Gasteiger partial charge on any atom is -0.507 e. The number of amides is 1. The smallest absolute Gasteiger partial charge is 0.295 e. The molecule has 1 saturated heterocycles. The van der Waals surface area contributed by atoms with Gasteiger partial charge >= 0.3 is 0 Å². The number of carbonyl (C=O) groups is 2. The Kier molecular flexibility index (Phi) is 7.07. The molecule has 0 aliphatic carbocycles. The van der Waals surface area contributed by atoms with Gasteiger partial charge in [-0.3, -0.25) is 14.6 Å². The maximum absolute atomic E-state index is 13.2. The lowest BCUT2D eigenvalue weighted by Gasteiger charge is -2.25. The van der Waals surface area contributed by atoms with Crippen LogP contribution in [0.25, 0.3) is 5.76 Å². The van der Waals surface area contributed by atoms with Crippen molar-refractivity contribution in [2.24, 2.45) is 0 Å². The summed E-state index contributed by atoms with van der Waals surface area (Å²) in [5.74, 6) is -0.939. The summed E-state index contributed by atoms with van der Waals surface area (Å²) in [4.78, 5) is 31.9. The van der Waals surface area contributed by atoms with Crippen molar-refractivity contribution in [1.29, 1.82) is 0 Å². The summed E-state index contributed by atoms with van der Waals surface area (Å²) in [6.45, 7) is 4.85. The molecule has 3 aromatic rings. The number of carbonyl (C=O) groups excluding carboxylic acids is 2. The van der Waals surface area contributed by atoms with Crippen molar-refractivity contribution in [3.05, 3.63) is 101 Å². The summed E-state index contributed by atoms with van der Waals surface area (Å²) in [5.41, 5.74) is 3.18. The third-order valence-corrected chi connectivity index (χ3v) is 5.91. The summed E-state index contributed by atoms with van der Waals surface area (Å²) < 4.78 is 5.77. The highest BCUT2D eigenvalue weighted by atomic mass is 16.5. The van der Waals surface area contributed by atoms with Crippen LogP contribution in [0.2, 0.25) is 0 Å². The van der Waals surface area contributed by atoms with E-state index in [1.165, 1.54) is 4.90 Å². The minimum atomic E-state index is -0.710. The third-order valence-electron chi connectivity index (χ3n) is 5.91. The number of ether oxygens (including phenoxy) is 1. The van der Waals surface area contributed by atoms with Crippen LogP contribution >= 0.6 is 0 Å². The molecule has 34 heavy (non-hydrogen) atoms. The SMILES string of the molecule is CCCCOc1cccc(C(O)=C2C(=O)C(=O)N(Cc3ccncc3)C2c2ccc(C)cc2)c1. The average molecular weight is 457 g/mol. The molecule has 1 N–H and O–H groups in total. The van der Waals surface area contributed by atoms with Crippen LogP contribution in [-0.2, 0) is 16.1 Å². The van der Waals surface area contributed by atoms with E-state index in [1.54, 1.807) is 30.6 Å². The van der Waals surface area contributed by atoms with Gasteiger partial charge in [0.15, 0.2) is 0 Å². The van der Waals surface area contributed by atoms with Gasteiger partial charge in [-0.1, -0.05) is 55.3 Å². The molecule has 0 bridgehead atoms. The number of unbranched alkanes of at least 4 members (excludes halogenated alkanes) is 1. The normalized spacial score (nSPS) is 17.2. The first-order valence-corrected chi connectivity index (χ1v) is 11.5.